The summed E-state index contributed by atoms with van der Waals surface area (Å²) in [6.45, 7) is 26.2. The number of aryl methyl sites for hydroxylation is 3. The van der Waals surface area contributed by atoms with E-state index < -0.39 is 11.9 Å². The van der Waals surface area contributed by atoms with Crippen LogP contribution in [-0.2, 0) is 6.18 Å². The zero-order chi connectivity index (χ0) is 46.8. The molecule has 10 N–H and O–H groups in total. The molecule has 5 aromatic rings. The molecule has 18 heteroatoms. The highest BCUT2D eigenvalue weighted by Crippen LogP contribution is 2.33. The van der Waals surface area contributed by atoms with Crippen molar-refractivity contribution in [2.45, 2.75) is 126 Å². The number of amides is 2. The maximum absolute atomic E-state index is 12.4. The molecule has 0 saturated carbocycles. The van der Waals surface area contributed by atoms with Gasteiger partial charge in [-0.1, -0.05) is 81.4 Å². The zero-order valence-electron chi connectivity index (χ0n) is 37.9. The molecule has 0 unspecified atom stereocenters. The van der Waals surface area contributed by atoms with Gasteiger partial charge in [-0.05, 0) is 84.7 Å². The molecule has 334 valence electrons. The molecule has 0 radical (unpaired) electrons. The van der Waals surface area contributed by atoms with Crippen molar-refractivity contribution in [1.29, 1.82) is 0 Å². The van der Waals surface area contributed by atoms with E-state index in [4.69, 9.17) is 22.9 Å². The highest BCUT2D eigenvalue weighted by Gasteiger charge is 2.36. The molecule has 0 atom stereocenters. The summed E-state index contributed by atoms with van der Waals surface area (Å²) in [6, 6.07) is 7.47. The van der Waals surface area contributed by atoms with Gasteiger partial charge in [-0.25, -0.2) is 44.7 Å². The van der Waals surface area contributed by atoms with E-state index in [1.165, 1.54) is 23.7 Å². The van der Waals surface area contributed by atoms with Crippen molar-refractivity contribution >= 4 is 35.5 Å². The number of nitrogens with zero attached hydrogens (tertiary/aromatic N) is 8. The van der Waals surface area contributed by atoms with Crippen molar-refractivity contribution in [3.8, 4) is 0 Å². The number of carbonyl (C=O) groups is 1. The Bertz CT molecular complexity index is 1970. The van der Waals surface area contributed by atoms with Gasteiger partial charge in [-0.15, -0.1) is 0 Å². The average Bonchev–Trinajstić information content (AvgIpc) is 3.15. The topological polar surface area (TPSA) is 248 Å². The number of urea groups is 1. The maximum Gasteiger partial charge on any atom is 0.433 e. The number of aromatic nitrogens is 8. The third-order valence-corrected chi connectivity index (χ3v) is 8.72. The van der Waals surface area contributed by atoms with Crippen molar-refractivity contribution in [2.75, 3.05) is 35.3 Å². The fraction of sp³-hybridized carbons (Fsp3) is 0.465. The molecule has 0 saturated heterocycles. The van der Waals surface area contributed by atoms with Gasteiger partial charge in [0.25, 0.3) is 0 Å². The van der Waals surface area contributed by atoms with Crippen LogP contribution in [0.1, 0.15) is 149 Å². The van der Waals surface area contributed by atoms with E-state index in [2.05, 4.69) is 106 Å². The summed E-state index contributed by atoms with van der Waals surface area (Å²) in [5.41, 5.74) is 28.5. The van der Waals surface area contributed by atoms with E-state index in [0.29, 0.717) is 47.2 Å². The molecule has 15 nitrogen and oxygen atoms in total. The summed E-state index contributed by atoms with van der Waals surface area (Å²) in [4.78, 5) is 42.0. The number of alkyl halides is 3. The van der Waals surface area contributed by atoms with Crippen molar-refractivity contribution in [3.63, 3.8) is 0 Å². The standard InChI is InChI=1S/C9H14N4O.2C9H14N2.C8H10F3N3.C8H13N3/c1-6(2)7-4-11-8(12-5-7)13-9(14)10-3;2*1-6(2)8-4-5-9(10)11-7(8)3;1-4(2)5-3-13-7(12)14-6(5)8(9,10)11;1-5(2)7-4-10-8(9)11-6(7)3/h4-6H,1-3H3,(H2,10,11,12,13,14);2*4-6H,1-3H3,(H2,10,11);3-4H,1-2H3,(H2,12,13,14);4-5H,1-3H3,(H2,9,10,11). The molecule has 0 aromatic carbocycles. The van der Waals surface area contributed by atoms with E-state index in [-0.39, 0.29) is 23.5 Å². The normalized spacial score (nSPS) is 10.8. The Hall–Kier alpha value is -6.20. The second-order valence-electron chi connectivity index (χ2n) is 15.4. The van der Waals surface area contributed by atoms with Crippen LogP contribution < -0.4 is 33.6 Å². The number of nitrogens with one attached hydrogen (secondary N) is 2. The van der Waals surface area contributed by atoms with Gasteiger partial charge in [0.1, 0.15) is 11.6 Å². The average molecular weight is 851 g/mol. The lowest BCUT2D eigenvalue weighted by Crippen LogP contribution is -2.25. The molecular weight excluding hydrogens is 786 g/mol. The van der Waals surface area contributed by atoms with Crippen LogP contribution in [0.3, 0.4) is 0 Å². The first-order chi connectivity index (χ1) is 28.3. The minimum absolute atomic E-state index is 0.0618. The van der Waals surface area contributed by atoms with E-state index in [1.807, 2.05) is 45.0 Å². The van der Waals surface area contributed by atoms with E-state index >= 15 is 0 Å². The number of hydrogen-bond donors (Lipinski definition) is 6. The molecule has 0 spiro atoms. The highest BCUT2D eigenvalue weighted by molar-refractivity contribution is 5.86. The molecule has 0 aliphatic heterocycles. The van der Waals surface area contributed by atoms with Crippen molar-refractivity contribution in [1.82, 2.24) is 45.2 Å². The molecule has 61 heavy (non-hydrogen) atoms. The number of carbonyl (C=O) groups excluding carboxylic acids is 1. The van der Waals surface area contributed by atoms with Gasteiger partial charge in [0, 0.05) is 54.5 Å². The largest absolute Gasteiger partial charge is 0.433 e. The molecule has 2 amide bonds. The monoisotopic (exact) mass is 851 g/mol. The van der Waals surface area contributed by atoms with Crippen LogP contribution in [0, 0.1) is 20.8 Å². The SMILES string of the molecule is CC(C)c1cnc(N)nc1C(F)(F)F.CNC(=O)Nc1ncc(C(C)C)cn1.Cc1nc(N)ccc1C(C)C.Cc1nc(N)ccc1C(C)C.Cc1nc(N)ncc1C(C)C. The summed E-state index contributed by atoms with van der Waals surface area (Å²) in [6.07, 6.45) is 1.86. The summed E-state index contributed by atoms with van der Waals surface area (Å²) in [7, 11) is 1.54. The fourth-order valence-corrected chi connectivity index (χ4v) is 5.38. The van der Waals surface area contributed by atoms with Crippen molar-refractivity contribution in [3.05, 3.63) is 99.6 Å². The molecule has 5 rings (SSSR count). The van der Waals surface area contributed by atoms with Gasteiger partial charge in [0.15, 0.2) is 5.69 Å². The maximum atomic E-state index is 12.4. The molecule has 0 aliphatic rings. The van der Waals surface area contributed by atoms with Gasteiger partial charge < -0.3 is 28.3 Å². The zero-order valence-corrected chi connectivity index (χ0v) is 37.9. The Labute approximate surface area is 358 Å². The first kappa shape index (κ1) is 52.8. The Morgan fingerprint density at radius 3 is 1.28 bits per heavy atom. The fourth-order valence-electron chi connectivity index (χ4n) is 5.38. The Morgan fingerprint density at radius 1 is 0.541 bits per heavy atom. The van der Waals surface area contributed by atoms with Gasteiger partial charge in [0.2, 0.25) is 17.8 Å². The van der Waals surface area contributed by atoms with E-state index in [9.17, 15) is 18.0 Å². The van der Waals surface area contributed by atoms with Gasteiger partial charge in [-0.2, -0.15) is 13.2 Å². The van der Waals surface area contributed by atoms with Crippen molar-refractivity contribution < 1.29 is 18.0 Å². The number of nitrogen functional groups attached to an aromatic ring is 4. The number of rotatable bonds is 6. The van der Waals surface area contributed by atoms with Crippen LogP contribution in [0.25, 0.3) is 0 Å². The molecular formula is C43H65F3N14O. The van der Waals surface area contributed by atoms with E-state index in [0.717, 1.165) is 28.8 Å². The summed E-state index contributed by atoms with van der Waals surface area (Å²) >= 11 is 0. The Balaban J connectivity index is 0.000000383. The van der Waals surface area contributed by atoms with Crippen LogP contribution in [0.2, 0.25) is 0 Å². The first-order valence-corrected chi connectivity index (χ1v) is 19.8. The van der Waals surface area contributed by atoms with Crippen LogP contribution in [0.4, 0.5) is 47.4 Å². The second kappa shape index (κ2) is 24.8. The second-order valence-corrected chi connectivity index (χ2v) is 15.4. The van der Waals surface area contributed by atoms with Gasteiger partial charge in [-0.3, -0.25) is 5.32 Å². The van der Waals surface area contributed by atoms with Gasteiger partial charge in [0.05, 0.1) is 0 Å². The van der Waals surface area contributed by atoms with Crippen LogP contribution >= 0.6 is 0 Å². The summed E-state index contributed by atoms with van der Waals surface area (Å²) in [5, 5.41) is 4.91. The minimum Gasteiger partial charge on any atom is -0.384 e. The molecule has 5 heterocycles. The third-order valence-electron chi connectivity index (χ3n) is 8.72. The van der Waals surface area contributed by atoms with Gasteiger partial charge >= 0.3 is 12.2 Å². The lowest BCUT2D eigenvalue weighted by Gasteiger charge is -2.13. The molecule has 0 fully saturated rings. The first-order valence-electron chi connectivity index (χ1n) is 19.8. The molecule has 0 bridgehead atoms. The number of anilines is 5. The predicted octanol–water partition coefficient (Wildman–Crippen LogP) is 9.23. The smallest absolute Gasteiger partial charge is 0.384 e. The Morgan fingerprint density at radius 2 is 0.934 bits per heavy atom. The lowest BCUT2D eigenvalue weighted by molar-refractivity contribution is -0.142. The number of pyridine rings is 2. The van der Waals surface area contributed by atoms with Crippen LogP contribution in [-0.4, -0.2) is 53.0 Å². The number of hydrogen-bond acceptors (Lipinski definition) is 13. The molecule has 5 aromatic heterocycles. The predicted molar refractivity (Wildman–Crippen MR) is 240 cm³/mol. The number of halogens is 3. The van der Waals surface area contributed by atoms with Crippen LogP contribution in [0.15, 0.2) is 49.1 Å². The summed E-state index contributed by atoms with van der Waals surface area (Å²) < 4.78 is 37.3. The van der Waals surface area contributed by atoms with Crippen LogP contribution in [0.5, 0.6) is 0 Å². The van der Waals surface area contributed by atoms with E-state index in [1.54, 1.807) is 32.4 Å². The lowest BCUT2D eigenvalue weighted by atomic mass is 10.0. The summed E-state index contributed by atoms with van der Waals surface area (Å²) in [5.74, 6) is 3.15. The van der Waals surface area contributed by atoms with Crippen molar-refractivity contribution in [2.24, 2.45) is 0 Å². The number of nitrogens with two attached hydrogens (primary N) is 4. The highest BCUT2D eigenvalue weighted by atomic mass is 19.4. The Kier molecular flexibility index (Phi) is 21.5. The molecule has 0 aliphatic carbocycles. The quantitative estimate of drug-likeness (QED) is 0.0933. The minimum atomic E-state index is -4.48. The third kappa shape index (κ3) is 18.7.